The number of H-pyrrole nitrogens is 1. The molecule has 8 nitrogen and oxygen atoms in total. The summed E-state index contributed by atoms with van der Waals surface area (Å²) in [7, 11) is 3.47. The van der Waals surface area contributed by atoms with Gasteiger partial charge in [-0.2, -0.15) is 5.10 Å². The Bertz CT molecular complexity index is 826. The van der Waals surface area contributed by atoms with Crippen molar-refractivity contribution in [2.75, 3.05) is 33.7 Å². The average molecular weight is 344 g/mol. The number of carbonyl (C=O) groups excluding carboxylic acids is 2. The first kappa shape index (κ1) is 17.2. The van der Waals surface area contributed by atoms with E-state index in [0.717, 1.165) is 11.1 Å². The van der Waals surface area contributed by atoms with Crippen LogP contribution in [-0.4, -0.2) is 81.1 Å². The zero-order chi connectivity index (χ0) is 18.4. The number of piperazine rings is 1. The minimum atomic E-state index is -0.457. The summed E-state index contributed by atoms with van der Waals surface area (Å²) in [6.07, 6.45) is 1.57. The van der Waals surface area contributed by atoms with Crippen molar-refractivity contribution in [2.45, 2.75) is 26.3 Å². The van der Waals surface area contributed by atoms with Crippen LogP contribution in [0.15, 0.2) is 12.3 Å². The van der Waals surface area contributed by atoms with E-state index < -0.39 is 5.54 Å². The Labute approximate surface area is 146 Å². The number of hydrogen-bond acceptors (Lipinski definition) is 4. The molecule has 0 spiro atoms. The minimum absolute atomic E-state index is 0.0303. The van der Waals surface area contributed by atoms with Crippen molar-refractivity contribution in [2.24, 2.45) is 0 Å². The fourth-order valence-electron chi connectivity index (χ4n) is 3.27. The predicted octanol–water partition coefficient (Wildman–Crippen LogP) is 1.48. The number of aromatic nitrogens is 3. The van der Waals surface area contributed by atoms with Crippen LogP contribution in [-0.2, 0) is 0 Å². The Hall–Kier alpha value is -2.64. The number of amides is 3. The number of rotatable bonds is 1. The van der Waals surface area contributed by atoms with E-state index in [4.69, 9.17) is 0 Å². The number of carbonyl (C=O) groups is 2. The molecule has 0 unspecified atom stereocenters. The van der Waals surface area contributed by atoms with Crippen LogP contribution in [0.25, 0.3) is 11.0 Å². The third-order valence-corrected chi connectivity index (χ3v) is 4.65. The lowest BCUT2D eigenvalue weighted by atomic mass is 9.97. The summed E-state index contributed by atoms with van der Waals surface area (Å²) < 4.78 is 0. The molecule has 2 aromatic heterocycles. The van der Waals surface area contributed by atoms with E-state index in [1.165, 1.54) is 0 Å². The van der Waals surface area contributed by atoms with Gasteiger partial charge in [0.1, 0.15) is 0 Å². The topological polar surface area (TPSA) is 85.4 Å². The minimum Gasteiger partial charge on any atom is -0.331 e. The SMILES string of the molecule is Cc1[nH]nc2ncc(C(=O)N3CCN(C(=O)N(C)C)CC3(C)C)cc12. The maximum atomic E-state index is 13.0. The molecule has 1 aliphatic heterocycles. The van der Waals surface area contributed by atoms with Crippen LogP contribution < -0.4 is 0 Å². The first-order chi connectivity index (χ1) is 11.7. The summed E-state index contributed by atoms with van der Waals surface area (Å²) >= 11 is 0. The van der Waals surface area contributed by atoms with E-state index in [1.54, 1.807) is 30.1 Å². The molecule has 1 aliphatic rings. The molecule has 8 heteroatoms. The van der Waals surface area contributed by atoms with Gasteiger partial charge in [-0.25, -0.2) is 9.78 Å². The van der Waals surface area contributed by atoms with Crippen molar-refractivity contribution in [3.05, 3.63) is 23.5 Å². The summed E-state index contributed by atoms with van der Waals surface area (Å²) in [6, 6.07) is 1.80. The van der Waals surface area contributed by atoms with Crippen LogP contribution in [0.5, 0.6) is 0 Å². The second-order valence-electron chi connectivity index (χ2n) is 7.31. The molecule has 2 aromatic rings. The van der Waals surface area contributed by atoms with Crippen LogP contribution in [0.3, 0.4) is 0 Å². The number of hydrogen-bond donors (Lipinski definition) is 1. The van der Waals surface area contributed by atoms with Crippen LogP contribution in [0.4, 0.5) is 4.79 Å². The van der Waals surface area contributed by atoms with Gasteiger partial charge in [0, 0.05) is 51.0 Å². The molecule has 134 valence electrons. The quantitative estimate of drug-likeness (QED) is 0.849. The molecule has 0 atom stereocenters. The molecule has 1 fully saturated rings. The highest BCUT2D eigenvalue weighted by molar-refractivity contribution is 5.97. The molecule has 0 aromatic carbocycles. The number of aromatic amines is 1. The molecule has 0 aliphatic carbocycles. The van der Waals surface area contributed by atoms with Crippen molar-refractivity contribution in [1.29, 1.82) is 0 Å². The van der Waals surface area contributed by atoms with Gasteiger partial charge in [0.05, 0.1) is 11.1 Å². The number of nitrogens with zero attached hydrogens (tertiary/aromatic N) is 5. The molecule has 0 radical (unpaired) electrons. The van der Waals surface area contributed by atoms with Gasteiger partial charge in [0.25, 0.3) is 5.91 Å². The van der Waals surface area contributed by atoms with Gasteiger partial charge in [-0.1, -0.05) is 0 Å². The van der Waals surface area contributed by atoms with Gasteiger partial charge in [-0.15, -0.1) is 0 Å². The maximum absolute atomic E-state index is 13.0. The molecular formula is C17H24N6O2. The molecule has 0 saturated carbocycles. The lowest BCUT2D eigenvalue weighted by Gasteiger charge is -2.47. The highest BCUT2D eigenvalue weighted by atomic mass is 16.2. The van der Waals surface area contributed by atoms with Crippen molar-refractivity contribution in [3.8, 4) is 0 Å². The fourth-order valence-corrected chi connectivity index (χ4v) is 3.27. The van der Waals surface area contributed by atoms with Crippen molar-refractivity contribution < 1.29 is 9.59 Å². The molecule has 1 saturated heterocycles. The number of pyridine rings is 1. The lowest BCUT2D eigenvalue weighted by molar-refractivity contribution is 0.0241. The van der Waals surface area contributed by atoms with Gasteiger partial charge >= 0.3 is 6.03 Å². The highest BCUT2D eigenvalue weighted by Crippen LogP contribution is 2.25. The zero-order valence-electron chi connectivity index (χ0n) is 15.3. The molecular weight excluding hydrogens is 320 g/mol. The summed E-state index contributed by atoms with van der Waals surface area (Å²) in [5, 5.41) is 7.83. The second-order valence-corrected chi connectivity index (χ2v) is 7.31. The normalized spacial score (nSPS) is 17.0. The van der Waals surface area contributed by atoms with E-state index in [-0.39, 0.29) is 11.9 Å². The summed E-state index contributed by atoms with van der Waals surface area (Å²) in [5.41, 5.74) is 1.58. The summed E-state index contributed by atoms with van der Waals surface area (Å²) in [5.74, 6) is -0.0723. The van der Waals surface area contributed by atoms with Crippen molar-refractivity contribution >= 4 is 23.0 Å². The number of urea groups is 1. The molecule has 3 amide bonds. The van der Waals surface area contributed by atoms with E-state index in [9.17, 15) is 9.59 Å². The number of fused-ring (bicyclic) bond motifs is 1. The first-order valence-corrected chi connectivity index (χ1v) is 8.29. The Morgan fingerprint density at radius 1 is 1.28 bits per heavy atom. The summed E-state index contributed by atoms with van der Waals surface area (Å²) in [6.45, 7) is 7.38. The Morgan fingerprint density at radius 2 is 2.00 bits per heavy atom. The van der Waals surface area contributed by atoms with Gasteiger partial charge < -0.3 is 14.7 Å². The smallest absolute Gasteiger partial charge is 0.319 e. The monoisotopic (exact) mass is 344 g/mol. The number of aryl methyl sites for hydroxylation is 1. The van der Waals surface area contributed by atoms with Crippen LogP contribution in [0.1, 0.15) is 29.9 Å². The summed E-state index contributed by atoms with van der Waals surface area (Å²) in [4.78, 5) is 34.7. The van der Waals surface area contributed by atoms with Crippen LogP contribution in [0, 0.1) is 6.92 Å². The molecule has 1 N–H and O–H groups in total. The Morgan fingerprint density at radius 3 is 2.64 bits per heavy atom. The molecule has 0 bridgehead atoms. The Kier molecular flexibility index (Phi) is 4.14. The standard InChI is InChI=1S/C17H24N6O2/c1-11-13-8-12(9-18-14(13)20-19-11)15(24)23-7-6-22(10-17(23,2)3)16(25)21(4)5/h8-9H,6-7,10H2,1-5H3,(H,18,19,20). The second kappa shape index (κ2) is 6.02. The van der Waals surface area contributed by atoms with Gasteiger partial charge in [-0.05, 0) is 26.8 Å². The Balaban J connectivity index is 1.84. The maximum Gasteiger partial charge on any atom is 0.319 e. The van der Waals surface area contributed by atoms with E-state index in [2.05, 4.69) is 15.2 Å². The molecule has 3 heterocycles. The first-order valence-electron chi connectivity index (χ1n) is 8.29. The van der Waals surface area contributed by atoms with E-state index in [0.29, 0.717) is 30.8 Å². The lowest BCUT2D eigenvalue weighted by Crippen LogP contribution is -2.63. The zero-order valence-corrected chi connectivity index (χ0v) is 15.3. The van der Waals surface area contributed by atoms with Crippen molar-refractivity contribution in [3.63, 3.8) is 0 Å². The van der Waals surface area contributed by atoms with Crippen molar-refractivity contribution in [1.82, 2.24) is 29.9 Å². The van der Waals surface area contributed by atoms with E-state index >= 15 is 0 Å². The van der Waals surface area contributed by atoms with Crippen LogP contribution in [0.2, 0.25) is 0 Å². The van der Waals surface area contributed by atoms with E-state index in [1.807, 2.05) is 31.7 Å². The average Bonchev–Trinajstić information content (AvgIpc) is 2.93. The van der Waals surface area contributed by atoms with Gasteiger partial charge in [0.2, 0.25) is 0 Å². The molecule has 25 heavy (non-hydrogen) atoms. The predicted molar refractivity (Wildman–Crippen MR) is 94.4 cm³/mol. The fraction of sp³-hybridized carbons (Fsp3) is 0.529. The van der Waals surface area contributed by atoms with Gasteiger partial charge in [-0.3, -0.25) is 9.89 Å². The molecule has 3 rings (SSSR count). The third-order valence-electron chi connectivity index (χ3n) is 4.65. The highest BCUT2D eigenvalue weighted by Gasteiger charge is 2.39. The largest absolute Gasteiger partial charge is 0.331 e. The third kappa shape index (κ3) is 3.04. The number of nitrogens with one attached hydrogen (secondary N) is 1. The van der Waals surface area contributed by atoms with Crippen LogP contribution >= 0.6 is 0 Å². The van der Waals surface area contributed by atoms with Gasteiger partial charge in [0.15, 0.2) is 5.65 Å².